The Labute approximate surface area is 174 Å². The summed E-state index contributed by atoms with van der Waals surface area (Å²) in [6.07, 6.45) is 7.06. The molecular weight excluding hydrogens is 418 g/mol. The molecule has 1 aromatic heterocycles. The predicted molar refractivity (Wildman–Crippen MR) is 116 cm³/mol. The number of likely N-dealkylation sites (tertiary alicyclic amines) is 1. The Kier molecular flexibility index (Phi) is 5.99. The number of carbonyl (C=O) groups is 1. The van der Waals surface area contributed by atoms with Crippen LogP contribution in [0.25, 0.3) is 10.9 Å². The highest BCUT2D eigenvalue weighted by molar-refractivity contribution is 9.10. The molecule has 1 saturated carbocycles. The number of hydrogen-bond acceptors (Lipinski definition) is 5. The van der Waals surface area contributed by atoms with E-state index in [4.69, 9.17) is 0 Å². The molecule has 1 unspecified atom stereocenters. The van der Waals surface area contributed by atoms with E-state index in [9.17, 15) is 9.90 Å². The molecule has 0 amide bonds. The quantitative estimate of drug-likeness (QED) is 0.673. The van der Waals surface area contributed by atoms with Crippen LogP contribution in [0.2, 0.25) is 0 Å². The summed E-state index contributed by atoms with van der Waals surface area (Å²) in [5.74, 6) is 0.747. The average molecular weight is 446 g/mol. The van der Waals surface area contributed by atoms with Gasteiger partial charge >= 0.3 is 0 Å². The highest BCUT2D eigenvalue weighted by atomic mass is 79.9. The molecule has 2 N–H and O–H groups in total. The number of pyridine rings is 1. The van der Waals surface area contributed by atoms with Crippen molar-refractivity contribution in [3.8, 4) is 0 Å². The Morgan fingerprint density at radius 2 is 2.07 bits per heavy atom. The van der Waals surface area contributed by atoms with Gasteiger partial charge in [0.05, 0.1) is 22.9 Å². The van der Waals surface area contributed by atoms with Crippen LogP contribution in [0.15, 0.2) is 28.9 Å². The molecule has 2 aliphatic rings. The summed E-state index contributed by atoms with van der Waals surface area (Å²) in [6.45, 7) is 4.57. The Morgan fingerprint density at radius 1 is 1.29 bits per heavy atom. The molecule has 1 aliphatic heterocycles. The average Bonchev–Trinajstić information content (AvgIpc) is 3.08. The van der Waals surface area contributed by atoms with Gasteiger partial charge in [0.1, 0.15) is 0 Å². The third-order valence-electron chi connectivity index (χ3n) is 6.17. The Morgan fingerprint density at radius 3 is 2.75 bits per heavy atom. The van der Waals surface area contributed by atoms with Crippen LogP contribution in [0.3, 0.4) is 0 Å². The number of carbonyl (C=O) groups excluding carboxylic acids is 1. The van der Waals surface area contributed by atoms with E-state index < -0.39 is 0 Å². The van der Waals surface area contributed by atoms with Crippen molar-refractivity contribution in [3.05, 3.63) is 34.4 Å². The van der Waals surface area contributed by atoms with Gasteiger partial charge in [-0.15, -0.1) is 0 Å². The molecule has 5 nitrogen and oxygen atoms in total. The molecule has 2 heterocycles. The van der Waals surface area contributed by atoms with Gasteiger partial charge < -0.3 is 15.3 Å². The second-order valence-electron chi connectivity index (χ2n) is 8.33. The first kappa shape index (κ1) is 19.8. The third kappa shape index (κ3) is 4.39. The maximum atomic E-state index is 12.2. The number of benzene rings is 1. The van der Waals surface area contributed by atoms with Crippen LogP contribution in [0.4, 0.5) is 5.69 Å². The first-order valence-corrected chi connectivity index (χ1v) is 11.0. The molecule has 1 aliphatic carbocycles. The van der Waals surface area contributed by atoms with Gasteiger partial charge in [-0.3, -0.25) is 9.78 Å². The minimum atomic E-state index is -0.137. The number of β-amino-alcohol motifs (C(OH)–C–C–N with tert-alkyl or cyclic N) is 1. The number of ketones is 1. The van der Waals surface area contributed by atoms with Crippen molar-refractivity contribution >= 4 is 38.3 Å². The minimum absolute atomic E-state index is 0.0400. The fourth-order valence-electron chi connectivity index (χ4n) is 4.62. The third-order valence-corrected chi connectivity index (χ3v) is 6.66. The first-order chi connectivity index (χ1) is 13.5. The minimum Gasteiger partial charge on any atom is -0.392 e. The molecule has 1 atom stereocenters. The van der Waals surface area contributed by atoms with Gasteiger partial charge in [0.2, 0.25) is 0 Å². The van der Waals surface area contributed by atoms with Crippen molar-refractivity contribution < 1.29 is 9.90 Å². The highest BCUT2D eigenvalue weighted by Crippen LogP contribution is 2.33. The summed E-state index contributed by atoms with van der Waals surface area (Å²) in [5, 5.41) is 14.4. The molecule has 28 heavy (non-hydrogen) atoms. The highest BCUT2D eigenvalue weighted by Gasteiger charge is 2.27. The molecule has 0 spiro atoms. The van der Waals surface area contributed by atoms with Gasteiger partial charge in [0.15, 0.2) is 5.78 Å². The Balaban J connectivity index is 1.46. The second-order valence-corrected chi connectivity index (χ2v) is 9.24. The van der Waals surface area contributed by atoms with Crippen molar-refractivity contribution in [2.45, 2.75) is 51.2 Å². The number of aliphatic hydroxyl groups is 1. The standard InChI is InChI=1S/C22H28BrN3O2/c1-14(27)20-11-24-21-7-4-16(23)10-19(21)22(20)25-17-5-2-15(3-6-17)12-26-9-8-18(28)13-26/h4,7,10-11,15,17-18,28H,2-3,5-6,8-9,12-13H2,1H3,(H,24,25)/t15-,17-,18?. The zero-order valence-corrected chi connectivity index (χ0v) is 17.9. The van der Waals surface area contributed by atoms with E-state index in [-0.39, 0.29) is 11.9 Å². The SMILES string of the molecule is CC(=O)c1cnc2ccc(Br)cc2c1N[C@H]1CC[C@H](CN2CCC(O)C2)CC1. The van der Waals surface area contributed by atoms with Crippen LogP contribution >= 0.6 is 15.9 Å². The van der Waals surface area contributed by atoms with Crippen LogP contribution in [0, 0.1) is 5.92 Å². The Bertz CT molecular complexity index is 864. The first-order valence-electron chi connectivity index (χ1n) is 10.3. The largest absolute Gasteiger partial charge is 0.392 e. The summed E-state index contributed by atoms with van der Waals surface area (Å²) in [7, 11) is 0. The van der Waals surface area contributed by atoms with Crippen molar-refractivity contribution in [2.75, 3.05) is 25.0 Å². The monoisotopic (exact) mass is 445 g/mol. The second kappa shape index (κ2) is 8.47. The number of hydrogen-bond donors (Lipinski definition) is 2. The lowest BCUT2D eigenvalue weighted by Crippen LogP contribution is -2.33. The van der Waals surface area contributed by atoms with Crippen molar-refractivity contribution in [3.63, 3.8) is 0 Å². The molecule has 4 rings (SSSR count). The van der Waals surface area contributed by atoms with Gasteiger partial charge in [-0.25, -0.2) is 0 Å². The zero-order chi connectivity index (χ0) is 19.7. The number of fused-ring (bicyclic) bond motifs is 1. The summed E-state index contributed by atoms with van der Waals surface area (Å²) in [6, 6.07) is 6.38. The number of Topliss-reactive ketones (excluding diaryl/α,β-unsaturated/α-hetero) is 1. The topological polar surface area (TPSA) is 65.5 Å². The van der Waals surface area contributed by atoms with Gasteiger partial charge in [0, 0.05) is 41.7 Å². The fraction of sp³-hybridized carbons (Fsp3) is 0.545. The maximum absolute atomic E-state index is 12.2. The molecule has 2 aromatic rings. The smallest absolute Gasteiger partial charge is 0.163 e. The molecule has 1 saturated heterocycles. The van der Waals surface area contributed by atoms with E-state index in [0.29, 0.717) is 17.5 Å². The summed E-state index contributed by atoms with van der Waals surface area (Å²) in [4.78, 5) is 19.1. The molecule has 2 fully saturated rings. The van der Waals surface area contributed by atoms with Crippen LogP contribution in [-0.2, 0) is 0 Å². The molecule has 150 valence electrons. The summed E-state index contributed by atoms with van der Waals surface area (Å²) in [5.41, 5.74) is 2.49. The lowest BCUT2D eigenvalue weighted by molar-refractivity contribution is 0.101. The van der Waals surface area contributed by atoms with Crippen molar-refractivity contribution in [1.82, 2.24) is 9.88 Å². The van der Waals surface area contributed by atoms with E-state index in [1.807, 2.05) is 18.2 Å². The number of nitrogens with one attached hydrogen (secondary N) is 1. The Hall–Kier alpha value is -1.50. The van der Waals surface area contributed by atoms with E-state index >= 15 is 0 Å². The van der Waals surface area contributed by atoms with Gasteiger partial charge in [-0.05, 0) is 63.1 Å². The van der Waals surface area contributed by atoms with E-state index in [1.54, 1.807) is 13.1 Å². The van der Waals surface area contributed by atoms with Gasteiger partial charge in [-0.1, -0.05) is 15.9 Å². The predicted octanol–water partition coefficient (Wildman–Crippen LogP) is 4.24. The zero-order valence-electron chi connectivity index (χ0n) is 16.3. The molecule has 0 bridgehead atoms. The molecule has 0 radical (unpaired) electrons. The number of anilines is 1. The maximum Gasteiger partial charge on any atom is 0.163 e. The number of nitrogens with zero attached hydrogens (tertiary/aromatic N) is 2. The lowest BCUT2D eigenvalue weighted by Gasteiger charge is -2.32. The molecular formula is C22H28BrN3O2. The molecule has 6 heteroatoms. The number of halogens is 1. The fourth-order valence-corrected chi connectivity index (χ4v) is 4.98. The normalized spacial score (nSPS) is 25.9. The van der Waals surface area contributed by atoms with Crippen molar-refractivity contribution in [2.24, 2.45) is 5.92 Å². The van der Waals surface area contributed by atoms with E-state index in [2.05, 4.69) is 31.1 Å². The van der Waals surface area contributed by atoms with E-state index in [1.165, 1.54) is 12.8 Å². The number of aromatic nitrogens is 1. The van der Waals surface area contributed by atoms with Gasteiger partial charge in [-0.2, -0.15) is 0 Å². The van der Waals surface area contributed by atoms with Crippen molar-refractivity contribution in [1.29, 1.82) is 0 Å². The number of rotatable bonds is 5. The summed E-state index contributed by atoms with van der Waals surface area (Å²) >= 11 is 3.54. The van der Waals surface area contributed by atoms with Crippen LogP contribution in [0.1, 0.15) is 49.4 Å². The number of aliphatic hydroxyl groups excluding tert-OH is 1. The van der Waals surface area contributed by atoms with E-state index in [0.717, 1.165) is 60.0 Å². The van der Waals surface area contributed by atoms with Crippen LogP contribution in [0.5, 0.6) is 0 Å². The van der Waals surface area contributed by atoms with Crippen LogP contribution < -0.4 is 5.32 Å². The molecule has 1 aromatic carbocycles. The van der Waals surface area contributed by atoms with Gasteiger partial charge in [0.25, 0.3) is 0 Å². The summed E-state index contributed by atoms with van der Waals surface area (Å²) < 4.78 is 0.988. The van der Waals surface area contributed by atoms with Crippen LogP contribution in [-0.4, -0.2) is 52.6 Å². The lowest BCUT2D eigenvalue weighted by atomic mass is 9.85.